The fourth-order valence-electron chi connectivity index (χ4n) is 3.34. The summed E-state index contributed by atoms with van der Waals surface area (Å²) in [5.41, 5.74) is 1.19. The molecule has 4 nitrogen and oxygen atoms in total. The van der Waals surface area contributed by atoms with E-state index in [0.29, 0.717) is 6.04 Å². The van der Waals surface area contributed by atoms with Gasteiger partial charge in [0, 0.05) is 25.8 Å². The van der Waals surface area contributed by atoms with E-state index < -0.39 is 0 Å². The molecule has 1 unspecified atom stereocenters. The SMILES string of the molecule is CCCCCCCN1C(NC)=NC(N(CC)c2ccccc2)=CC1C.Cl. The summed E-state index contributed by atoms with van der Waals surface area (Å²) in [6.45, 7) is 8.66. The summed E-state index contributed by atoms with van der Waals surface area (Å²) in [7, 11) is 1.97. The predicted molar refractivity (Wildman–Crippen MR) is 116 cm³/mol. The first-order chi connectivity index (χ1) is 12.2. The van der Waals surface area contributed by atoms with E-state index in [-0.39, 0.29) is 12.4 Å². The van der Waals surface area contributed by atoms with E-state index in [1.165, 1.54) is 37.8 Å². The summed E-state index contributed by atoms with van der Waals surface area (Å²) in [5, 5.41) is 3.31. The Morgan fingerprint density at radius 2 is 1.77 bits per heavy atom. The van der Waals surface area contributed by atoms with Crippen LogP contribution in [0.1, 0.15) is 52.9 Å². The number of aliphatic imine (C=N–C) groups is 1. The van der Waals surface area contributed by atoms with Crippen molar-refractivity contribution in [1.82, 2.24) is 10.2 Å². The molecule has 0 aromatic heterocycles. The number of anilines is 1. The van der Waals surface area contributed by atoms with Gasteiger partial charge in [0.2, 0.25) is 5.96 Å². The Kier molecular flexibility index (Phi) is 10.2. The van der Waals surface area contributed by atoms with Crippen molar-refractivity contribution in [2.75, 3.05) is 25.0 Å². The molecular formula is C21H35ClN4. The van der Waals surface area contributed by atoms with Gasteiger partial charge in [0.1, 0.15) is 5.82 Å². The zero-order valence-corrected chi connectivity index (χ0v) is 17.6. The fourth-order valence-corrected chi connectivity index (χ4v) is 3.34. The molecule has 0 aliphatic carbocycles. The first kappa shape index (κ1) is 22.4. The van der Waals surface area contributed by atoms with E-state index in [1.807, 2.05) is 7.05 Å². The van der Waals surface area contributed by atoms with Gasteiger partial charge >= 0.3 is 0 Å². The van der Waals surface area contributed by atoms with Gasteiger partial charge in [0.25, 0.3) is 0 Å². The lowest BCUT2D eigenvalue weighted by Gasteiger charge is -2.36. The lowest BCUT2D eigenvalue weighted by Crippen LogP contribution is -2.48. The Labute approximate surface area is 165 Å². The second kappa shape index (κ2) is 11.8. The smallest absolute Gasteiger partial charge is 0.200 e. The Morgan fingerprint density at radius 3 is 2.38 bits per heavy atom. The molecule has 1 heterocycles. The number of hydrogen-bond acceptors (Lipinski definition) is 4. The van der Waals surface area contributed by atoms with Gasteiger partial charge in [0.05, 0.1) is 6.04 Å². The van der Waals surface area contributed by atoms with E-state index in [0.717, 1.165) is 24.9 Å². The highest BCUT2D eigenvalue weighted by Gasteiger charge is 2.23. The number of rotatable bonds is 9. The fraction of sp³-hybridized carbons (Fsp3) is 0.571. The highest BCUT2D eigenvalue weighted by atomic mass is 35.5. The van der Waals surface area contributed by atoms with Crippen molar-refractivity contribution >= 4 is 24.1 Å². The number of halogens is 1. The van der Waals surface area contributed by atoms with E-state index in [2.05, 4.69) is 72.3 Å². The van der Waals surface area contributed by atoms with Crippen molar-refractivity contribution < 1.29 is 0 Å². The zero-order valence-electron chi connectivity index (χ0n) is 16.7. The minimum Gasteiger partial charge on any atom is -0.359 e. The molecule has 1 N–H and O–H groups in total. The maximum atomic E-state index is 4.91. The highest BCUT2D eigenvalue weighted by Crippen LogP contribution is 2.23. The first-order valence-electron chi connectivity index (χ1n) is 9.78. The van der Waals surface area contributed by atoms with Crippen molar-refractivity contribution in [3.8, 4) is 0 Å². The lowest BCUT2D eigenvalue weighted by molar-refractivity contribution is 0.345. The van der Waals surface area contributed by atoms with Crippen LogP contribution in [0.5, 0.6) is 0 Å². The van der Waals surface area contributed by atoms with Crippen LogP contribution in [0, 0.1) is 0 Å². The third kappa shape index (κ3) is 5.94. The first-order valence-corrected chi connectivity index (χ1v) is 9.78. The molecule has 0 saturated carbocycles. The van der Waals surface area contributed by atoms with Gasteiger partial charge in [-0.05, 0) is 38.5 Å². The Balaban J connectivity index is 0.00000338. The second-order valence-corrected chi connectivity index (χ2v) is 6.64. The topological polar surface area (TPSA) is 30.9 Å². The number of guanidine groups is 1. The third-order valence-corrected chi connectivity index (χ3v) is 4.76. The van der Waals surface area contributed by atoms with Crippen LogP contribution in [0.4, 0.5) is 5.69 Å². The second-order valence-electron chi connectivity index (χ2n) is 6.64. The molecule has 0 saturated heterocycles. The molecule has 1 aliphatic heterocycles. The number of hydrogen-bond donors (Lipinski definition) is 1. The Hall–Kier alpha value is -1.68. The molecule has 1 aromatic rings. The molecule has 0 fully saturated rings. The molecule has 1 atom stereocenters. The minimum absolute atomic E-state index is 0. The van der Waals surface area contributed by atoms with Gasteiger partial charge in [-0.25, -0.2) is 0 Å². The van der Waals surface area contributed by atoms with Crippen LogP contribution >= 0.6 is 12.4 Å². The third-order valence-electron chi connectivity index (χ3n) is 4.76. The van der Waals surface area contributed by atoms with Crippen molar-refractivity contribution in [2.24, 2.45) is 4.99 Å². The molecule has 0 amide bonds. The summed E-state index contributed by atoms with van der Waals surface area (Å²) in [6.07, 6.45) is 8.78. The number of para-hydroxylation sites is 1. The molecular weight excluding hydrogens is 344 g/mol. The van der Waals surface area contributed by atoms with Gasteiger partial charge in [-0.2, -0.15) is 4.99 Å². The zero-order chi connectivity index (χ0) is 18.1. The van der Waals surface area contributed by atoms with Crippen LogP contribution in [-0.4, -0.2) is 37.0 Å². The van der Waals surface area contributed by atoms with Crippen molar-refractivity contribution in [3.05, 3.63) is 42.2 Å². The molecule has 1 aliphatic rings. The normalized spacial score (nSPS) is 16.5. The molecule has 0 spiro atoms. The summed E-state index contributed by atoms with van der Waals surface area (Å²) in [6, 6.07) is 10.8. The van der Waals surface area contributed by atoms with Crippen LogP contribution in [0.15, 0.2) is 47.2 Å². The Bertz CT molecular complexity index is 571. The lowest BCUT2D eigenvalue weighted by atomic mass is 10.1. The highest BCUT2D eigenvalue weighted by molar-refractivity contribution is 5.85. The maximum Gasteiger partial charge on any atom is 0.200 e. The quantitative estimate of drug-likeness (QED) is 0.611. The molecule has 5 heteroatoms. The van der Waals surface area contributed by atoms with E-state index >= 15 is 0 Å². The van der Waals surface area contributed by atoms with Crippen LogP contribution in [0.25, 0.3) is 0 Å². The van der Waals surface area contributed by atoms with Crippen molar-refractivity contribution in [2.45, 2.75) is 58.9 Å². The van der Waals surface area contributed by atoms with Crippen LogP contribution < -0.4 is 10.2 Å². The summed E-state index contributed by atoms with van der Waals surface area (Å²) in [4.78, 5) is 9.57. The van der Waals surface area contributed by atoms with Gasteiger partial charge in [-0.1, -0.05) is 50.8 Å². The summed E-state index contributed by atoms with van der Waals surface area (Å²) in [5.74, 6) is 2.02. The van der Waals surface area contributed by atoms with Gasteiger partial charge in [-0.15, -0.1) is 12.4 Å². The molecule has 26 heavy (non-hydrogen) atoms. The Morgan fingerprint density at radius 1 is 1.08 bits per heavy atom. The number of nitrogens with one attached hydrogen (secondary N) is 1. The van der Waals surface area contributed by atoms with Crippen LogP contribution in [0.2, 0.25) is 0 Å². The standard InChI is InChI=1S/C21H34N4.ClH/c1-5-7-8-9-13-16-25-18(3)17-20(23-21(25)22-4)24(6-2)19-14-11-10-12-15-19;/h10-12,14-15,17-18H,5-9,13,16H2,1-4H3,(H,22,23);1H. The van der Waals surface area contributed by atoms with Crippen LogP contribution in [-0.2, 0) is 0 Å². The van der Waals surface area contributed by atoms with E-state index in [1.54, 1.807) is 0 Å². The largest absolute Gasteiger partial charge is 0.359 e. The average molecular weight is 379 g/mol. The number of unbranched alkanes of at least 4 members (excludes halogenated alkanes) is 4. The number of benzene rings is 1. The minimum atomic E-state index is 0. The monoisotopic (exact) mass is 378 g/mol. The van der Waals surface area contributed by atoms with Gasteiger partial charge in [-0.3, -0.25) is 0 Å². The molecule has 146 valence electrons. The van der Waals surface area contributed by atoms with Gasteiger partial charge in [0.15, 0.2) is 0 Å². The van der Waals surface area contributed by atoms with Crippen molar-refractivity contribution in [1.29, 1.82) is 0 Å². The van der Waals surface area contributed by atoms with Crippen LogP contribution in [0.3, 0.4) is 0 Å². The molecule has 0 bridgehead atoms. The molecule has 1 aromatic carbocycles. The maximum absolute atomic E-state index is 4.91. The predicted octanol–water partition coefficient (Wildman–Crippen LogP) is 5.03. The van der Waals surface area contributed by atoms with Crippen molar-refractivity contribution in [3.63, 3.8) is 0 Å². The summed E-state index contributed by atoms with van der Waals surface area (Å²) < 4.78 is 0. The molecule has 0 radical (unpaired) electrons. The average Bonchev–Trinajstić information content (AvgIpc) is 2.64. The van der Waals surface area contributed by atoms with E-state index in [9.17, 15) is 0 Å². The van der Waals surface area contributed by atoms with Gasteiger partial charge < -0.3 is 15.1 Å². The summed E-state index contributed by atoms with van der Waals surface area (Å²) >= 11 is 0. The van der Waals surface area contributed by atoms with E-state index in [4.69, 9.17) is 4.99 Å². The molecule has 2 rings (SSSR count). The number of nitrogens with zero attached hydrogens (tertiary/aromatic N) is 3.